The fraction of sp³-hybridized carbons (Fsp3) is 0.526. The maximum atomic E-state index is 12.7. The van der Waals surface area contributed by atoms with E-state index in [1.54, 1.807) is 28.2 Å². The summed E-state index contributed by atoms with van der Waals surface area (Å²) in [5.41, 5.74) is 0.745. The lowest BCUT2D eigenvalue weighted by Gasteiger charge is -2.34. The molecule has 2 aromatic heterocycles. The molecule has 5 nitrogen and oxygen atoms in total. The summed E-state index contributed by atoms with van der Waals surface area (Å²) in [6.45, 7) is 1.42. The van der Waals surface area contributed by atoms with Crippen molar-refractivity contribution in [1.29, 1.82) is 0 Å². The molecule has 2 fully saturated rings. The smallest absolute Gasteiger partial charge is 0.267 e. The predicted octanol–water partition coefficient (Wildman–Crippen LogP) is 3.33. The Morgan fingerprint density at radius 3 is 2.72 bits per heavy atom. The van der Waals surface area contributed by atoms with Crippen LogP contribution in [-0.4, -0.2) is 33.7 Å². The number of hydrogen-bond donors (Lipinski definition) is 0. The van der Waals surface area contributed by atoms with Crippen LogP contribution in [0.2, 0.25) is 0 Å². The minimum atomic E-state index is -0.0829. The van der Waals surface area contributed by atoms with Crippen LogP contribution in [-0.2, 0) is 4.79 Å². The highest BCUT2D eigenvalue weighted by Gasteiger charge is 2.31. The van der Waals surface area contributed by atoms with Crippen LogP contribution in [0.4, 0.5) is 0 Å². The summed E-state index contributed by atoms with van der Waals surface area (Å²) in [6, 6.07) is 7.36. The van der Waals surface area contributed by atoms with Crippen molar-refractivity contribution in [2.75, 3.05) is 13.1 Å². The number of hydrogen-bond acceptors (Lipinski definition) is 4. The number of rotatable bonds is 3. The third-order valence-corrected chi connectivity index (χ3v) is 6.25. The number of carbonyl (C=O) groups excluding carboxylic acids is 1. The van der Waals surface area contributed by atoms with Gasteiger partial charge in [0.05, 0.1) is 10.9 Å². The molecule has 0 radical (unpaired) electrons. The van der Waals surface area contributed by atoms with Gasteiger partial charge in [0.25, 0.3) is 5.56 Å². The summed E-state index contributed by atoms with van der Waals surface area (Å²) in [6.07, 6.45) is 6.20. The number of piperidine rings is 1. The van der Waals surface area contributed by atoms with E-state index >= 15 is 0 Å². The Bertz CT molecular complexity index is 793. The third-order valence-electron chi connectivity index (χ3n) is 5.36. The molecular formula is C19H23N3O2S. The van der Waals surface area contributed by atoms with E-state index in [1.165, 1.54) is 0 Å². The van der Waals surface area contributed by atoms with Crippen LogP contribution in [0, 0.1) is 5.92 Å². The summed E-state index contributed by atoms with van der Waals surface area (Å²) in [7, 11) is 0. The fourth-order valence-electron chi connectivity index (χ4n) is 4.03. The van der Waals surface area contributed by atoms with E-state index in [-0.39, 0.29) is 23.4 Å². The van der Waals surface area contributed by atoms with Crippen molar-refractivity contribution in [2.45, 2.75) is 44.6 Å². The fourth-order valence-corrected chi connectivity index (χ4v) is 4.72. The van der Waals surface area contributed by atoms with Gasteiger partial charge in [0.2, 0.25) is 5.91 Å². The van der Waals surface area contributed by atoms with Gasteiger partial charge in [-0.05, 0) is 43.2 Å². The van der Waals surface area contributed by atoms with Crippen LogP contribution in [0.25, 0.3) is 10.6 Å². The third kappa shape index (κ3) is 3.40. The number of aromatic nitrogens is 2. The molecule has 6 heteroatoms. The topological polar surface area (TPSA) is 55.2 Å². The van der Waals surface area contributed by atoms with Crippen molar-refractivity contribution < 1.29 is 4.79 Å². The van der Waals surface area contributed by atoms with Crippen LogP contribution in [0.15, 0.2) is 34.4 Å². The quantitative estimate of drug-likeness (QED) is 0.847. The molecule has 1 aliphatic heterocycles. The zero-order valence-corrected chi connectivity index (χ0v) is 15.1. The molecule has 1 saturated heterocycles. The summed E-state index contributed by atoms with van der Waals surface area (Å²) in [5, 5.41) is 6.62. The van der Waals surface area contributed by atoms with E-state index in [4.69, 9.17) is 0 Å². The molecule has 1 aliphatic carbocycles. The molecule has 0 N–H and O–H groups in total. The molecule has 0 unspecified atom stereocenters. The van der Waals surface area contributed by atoms with Crippen molar-refractivity contribution in [3.8, 4) is 10.6 Å². The standard InChI is InChI=1S/C19H23N3O2S/c23-18-10-9-16(17-8-4-12-25-17)20-22(18)15-7-3-11-21(13-15)19(24)14-5-1-2-6-14/h4,8-10,12,14-15H,1-3,5-7,11,13H2/t15-/m0/s1. The maximum Gasteiger partial charge on any atom is 0.267 e. The van der Waals surface area contributed by atoms with Crippen molar-refractivity contribution in [3.05, 3.63) is 40.0 Å². The van der Waals surface area contributed by atoms with Gasteiger partial charge in [0.1, 0.15) is 5.69 Å². The first kappa shape index (κ1) is 16.5. The highest BCUT2D eigenvalue weighted by molar-refractivity contribution is 7.13. The van der Waals surface area contributed by atoms with Crippen LogP contribution in [0.3, 0.4) is 0 Å². The zero-order chi connectivity index (χ0) is 17.2. The summed E-state index contributed by atoms with van der Waals surface area (Å²) < 4.78 is 1.60. The van der Waals surface area contributed by atoms with Gasteiger partial charge in [-0.3, -0.25) is 9.59 Å². The Kier molecular flexibility index (Phi) is 4.70. The van der Waals surface area contributed by atoms with Crippen LogP contribution in [0.1, 0.15) is 44.6 Å². The highest BCUT2D eigenvalue weighted by Crippen LogP contribution is 2.29. The van der Waals surface area contributed by atoms with Gasteiger partial charge in [0, 0.05) is 25.1 Å². The minimum absolute atomic E-state index is 0.0217. The molecule has 0 spiro atoms. The Hall–Kier alpha value is -1.95. The van der Waals surface area contributed by atoms with Crippen LogP contribution >= 0.6 is 11.3 Å². The van der Waals surface area contributed by atoms with Crippen molar-refractivity contribution in [3.63, 3.8) is 0 Å². The molecule has 132 valence electrons. The Balaban J connectivity index is 1.55. The SMILES string of the molecule is O=C(C1CCCC1)N1CCC[C@H](n2nc(-c3cccs3)ccc2=O)C1. The average Bonchev–Trinajstić information content (AvgIpc) is 3.35. The zero-order valence-electron chi connectivity index (χ0n) is 14.3. The molecule has 25 heavy (non-hydrogen) atoms. The number of nitrogens with zero attached hydrogens (tertiary/aromatic N) is 3. The number of thiophene rings is 1. The molecule has 1 amide bonds. The first-order valence-corrected chi connectivity index (χ1v) is 10.0. The van der Waals surface area contributed by atoms with Crippen molar-refractivity contribution in [1.82, 2.24) is 14.7 Å². The molecule has 1 saturated carbocycles. The molecular weight excluding hydrogens is 334 g/mol. The van der Waals surface area contributed by atoms with E-state index in [1.807, 2.05) is 22.4 Å². The van der Waals surface area contributed by atoms with Gasteiger partial charge in [-0.2, -0.15) is 5.10 Å². The van der Waals surface area contributed by atoms with Gasteiger partial charge in [0.15, 0.2) is 0 Å². The van der Waals surface area contributed by atoms with E-state index in [0.29, 0.717) is 6.54 Å². The molecule has 1 atom stereocenters. The molecule has 0 bridgehead atoms. The van der Waals surface area contributed by atoms with Crippen LogP contribution < -0.4 is 5.56 Å². The van der Waals surface area contributed by atoms with E-state index in [2.05, 4.69) is 5.10 Å². The van der Waals surface area contributed by atoms with Crippen LogP contribution in [0.5, 0.6) is 0 Å². The second kappa shape index (κ2) is 7.12. The number of amides is 1. The van der Waals surface area contributed by atoms with Gasteiger partial charge in [-0.1, -0.05) is 18.9 Å². The summed E-state index contributed by atoms with van der Waals surface area (Å²) in [5.74, 6) is 0.477. The van der Waals surface area contributed by atoms with Gasteiger partial charge in [-0.15, -0.1) is 11.3 Å². The Morgan fingerprint density at radius 1 is 1.12 bits per heavy atom. The normalized spacial score (nSPS) is 21.6. The lowest BCUT2D eigenvalue weighted by Crippen LogP contribution is -2.45. The molecule has 3 heterocycles. The Labute approximate surface area is 151 Å². The highest BCUT2D eigenvalue weighted by atomic mass is 32.1. The van der Waals surface area contributed by atoms with Gasteiger partial charge >= 0.3 is 0 Å². The Morgan fingerprint density at radius 2 is 1.96 bits per heavy atom. The summed E-state index contributed by atoms with van der Waals surface area (Å²) in [4.78, 5) is 28.1. The monoisotopic (exact) mass is 357 g/mol. The average molecular weight is 357 g/mol. The summed E-state index contributed by atoms with van der Waals surface area (Å²) >= 11 is 1.62. The molecule has 0 aromatic carbocycles. The largest absolute Gasteiger partial charge is 0.340 e. The lowest BCUT2D eigenvalue weighted by atomic mass is 10.0. The first-order valence-electron chi connectivity index (χ1n) is 9.15. The molecule has 2 aromatic rings. The minimum Gasteiger partial charge on any atom is -0.340 e. The van der Waals surface area contributed by atoms with E-state index in [0.717, 1.165) is 55.6 Å². The molecule has 2 aliphatic rings. The first-order chi connectivity index (χ1) is 12.2. The van der Waals surface area contributed by atoms with E-state index < -0.39 is 0 Å². The molecule has 4 rings (SSSR count). The van der Waals surface area contributed by atoms with Crippen molar-refractivity contribution in [2.24, 2.45) is 5.92 Å². The lowest BCUT2D eigenvalue weighted by molar-refractivity contribution is -0.137. The van der Waals surface area contributed by atoms with Gasteiger partial charge < -0.3 is 4.90 Å². The van der Waals surface area contributed by atoms with E-state index in [9.17, 15) is 9.59 Å². The number of likely N-dealkylation sites (tertiary alicyclic amines) is 1. The van der Waals surface area contributed by atoms with Gasteiger partial charge in [-0.25, -0.2) is 4.68 Å². The number of carbonyl (C=O) groups is 1. The maximum absolute atomic E-state index is 12.7. The van der Waals surface area contributed by atoms with Crippen molar-refractivity contribution >= 4 is 17.2 Å². The second-order valence-electron chi connectivity index (χ2n) is 7.04. The predicted molar refractivity (Wildman–Crippen MR) is 98.6 cm³/mol. The second-order valence-corrected chi connectivity index (χ2v) is 7.99.